The highest BCUT2D eigenvalue weighted by Crippen LogP contribution is 2.31. The summed E-state index contributed by atoms with van der Waals surface area (Å²) in [7, 11) is -4.18. The summed E-state index contributed by atoms with van der Waals surface area (Å²) in [6, 6.07) is 4.92. The molecule has 2 aromatic rings. The summed E-state index contributed by atoms with van der Waals surface area (Å²) >= 11 is 6.19. The van der Waals surface area contributed by atoms with Gasteiger partial charge in [-0.15, -0.1) is 0 Å². The van der Waals surface area contributed by atoms with Crippen molar-refractivity contribution < 1.29 is 21.6 Å². The Morgan fingerprint density at radius 1 is 1.14 bits per heavy atom. The topological polar surface area (TPSA) is 59.1 Å². The zero-order valence-electron chi connectivity index (χ0n) is 10.5. The fraction of sp³-hybridized carbons (Fsp3) is 0.0833. The molecule has 0 unspecified atom stereocenters. The summed E-state index contributed by atoms with van der Waals surface area (Å²) in [5.41, 5.74) is -0.936. The highest BCUT2D eigenvalue weighted by Gasteiger charge is 2.31. The molecule has 0 saturated carbocycles. The average molecular weight is 460 g/mol. The Bertz CT molecular complexity index is 810. The molecule has 0 fully saturated rings. The monoisotopic (exact) mass is 458 g/mol. The van der Waals surface area contributed by atoms with Crippen LogP contribution in [0.5, 0.6) is 0 Å². The molecule has 0 saturated heterocycles. The van der Waals surface area contributed by atoms with Crippen LogP contribution in [0, 0.1) is 0 Å². The van der Waals surface area contributed by atoms with E-state index in [1.54, 1.807) is 0 Å². The number of hydrogen-bond donors (Lipinski definition) is 1. The number of rotatable bonds is 3. The van der Waals surface area contributed by atoms with Crippen LogP contribution in [0.15, 0.2) is 50.5 Å². The minimum atomic E-state index is -4.62. The number of alkyl halides is 3. The molecule has 1 aromatic carbocycles. The predicted octanol–water partition coefficient (Wildman–Crippen LogP) is 4.43. The van der Waals surface area contributed by atoms with Crippen molar-refractivity contribution in [2.75, 3.05) is 4.72 Å². The van der Waals surface area contributed by atoms with E-state index in [9.17, 15) is 21.6 Å². The Morgan fingerprint density at radius 2 is 1.82 bits per heavy atom. The molecule has 0 spiro atoms. The molecular formula is C12H7Br2F3N2O2S. The zero-order valence-corrected chi connectivity index (χ0v) is 14.5. The lowest BCUT2D eigenvalue weighted by atomic mass is 10.2. The third kappa shape index (κ3) is 3.99. The molecule has 1 N–H and O–H groups in total. The fourth-order valence-corrected chi connectivity index (χ4v) is 3.42. The molecule has 2 rings (SSSR count). The summed E-state index contributed by atoms with van der Waals surface area (Å²) in [4.78, 5) is 3.38. The van der Waals surface area contributed by atoms with Crippen molar-refractivity contribution in [3.05, 3.63) is 51.2 Å². The smallest absolute Gasteiger partial charge is 0.277 e. The van der Waals surface area contributed by atoms with Gasteiger partial charge in [0.05, 0.1) is 16.1 Å². The first-order valence-electron chi connectivity index (χ1n) is 5.61. The minimum absolute atomic E-state index is 0.104. The number of pyridine rings is 1. The van der Waals surface area contributed by atoms with Gasteiger partial charge in [-0.25, -0.2) is 13.4 Å². The maximum atomic E-state index is 12.7. The Labute approximate surface area is 141 Å². The lowest BCUT2D eigenvalue weighted by molar-refractivity contribution is -0.137. The highest BCUT2D eigenvalue weighted by atomic mass is 79.9. The van der Waals surface area contributed by atoms with E-state index >= 15 is 0 Å². The van der Waals surface area contributed by atoms with Gasteiger partial charge in [0.25, 0.3) is 10.0 Å². The average Bonchev–Trinajstić information content (AvgIpc) is 2.42. The van der Waals surface area contributed by atoms with Gasteiger partial charge in [-0.3, -0.25) is 4.72 Å². The van der Waals surface area contributed by atoms with Gasteiger partial charge in [0.1, 0.15) is 4.60 Å². The van der Waals surface area contributed by atoms with Crippen molar-refractivity contribution in [1.29, 1.82) is 0 Å². The quantitative estimate of drug-likeness (QED) is 0.691. The summed E-state index contributed by atoms with van der Waals surface area (Å²) in [6.45, 7) is 0. The lowest BCUT2D eigenvalue weighted by Gasteiger charge is -2.12. The van der Waals surface area contributed by atoms with E-state index in [-0.39, 0.29) is 10.3 Å². The van der Waals surface area contributed by atoms with E-state index in [0.29, 0.717) is 10.5 Å². The van der Waals surface area contributed by atoms with Crippen molar-refractivity contribution >= 4 is 47.6 Å². The summed E-state index contributed by atoms with van der Waals surface area (Å²) < 4.78 is 65.3. The van der Waals surface area contributed by atoms with Crippen LogP contribution in [0.25, 0.3) is 0 Å². The molecule has 4 nitrogen and oxygen atoms in total. The van der Waals surface area contributed by atoms with Gasteiger partial charge in [-0.1, -0.05) is 6.07 Å². The normalized spacial score (nSPS) is 12.2. The van der Waals surface area contributed by atoms with Crippen molar-refractivity contribution in [3.63, 3.8) is 0 Å². The van der Waals surface area contributed by atoms with Crippen molar-refractivity contribution in [1.82, 2.24) is 4.98 Å². The molecule has 10 heteroatoms. The van der Waals surface area contributed by atoms with Gasteiger partial charge in [0.15, 0.2) is 0 Å². The number of halogens is 5. The molecule has 0 atom stereocenters. The molecule has 0 aliphatic heterocycles. The van der Waals surface area contributed by atoms with Crippen LogP contribution in [0.1, 0.15) is 5.56 Å². The molecule has 22 heavy (non-hydrogen) atoms. The largest absolute Gasteiger partial charge is 0.416 e. The maximum absolute atomic E-state index is 12.7. The van der Waals surface area contributed by atoms with Crippen molar-refractivity contribution in [3.8, 4) is 0 Å². The van der Waals surface area contributed by atoms with Gasteiger partial charge in [-0.05, 0) is 56.1 Å². The van der Waals surface area contributed by atoms with Crippen LogP contribution in [0.4, 0.5) is 18.9 Å². The molecule has 0 aliphatic rings. The second kappa shape index (κ2) is 6.17. The van der Waals surface area contributed by atoms with Crippen LogP contribution < -0.4 is 4.72 Å². The number of sulfonamides is 1. The van der Waals surface area contributed by atoms with E-state index in [0.717, 1.165) is 18.2 Å². The molecule has 1 aromatic heterocycles. The van der Waals surface area contributed by atoms with Gasteiger partial charge in [-0.2, -0.15) is 13.2 Å². The first-order valence-corrected chi connectivity index (χ1v) is 8.67. The van der Waals surface area contributed by atoms with E-state index in [2.05, 4.69) is 41.6 Å². The van der Waals surface area contributed by atoms with Crippen LogP contribution in [-0.2, 0) is 16.2 Å². The van der Waals surface area contributed by atoms with Crippen LogP contribution in [-0.4, -0.2) is 13.4 Å². The summed E-state index contributed by atoms with van der Waals surface area (Å²) in [5, 5.41) is 0. The Kier molecular flexibility index (Phi) is 4.83. The van der Waals surface area contributed by atoms with E-state index in [1.165, 1.54) is 12.3 Å². The lowest BCUT2D eigenvalue weighted by Crippen LogP contribution is -2.15. The maximum Gasteiger partial charge on any atom is 0.416 e. The molecule has 0 amide bonds. The standard InChI is InChI=1S/C12H7Br2F3N2O2S/c13-8-5-10(11(14)18-6-8)19-22(20,21)9-3-1-2-7(4-9)12(15,16)17/h1-6,19H. The van der Waals surface area contributed by atoms with Gasteiger partial charge >= 0.3 is 6.18 Å². The first-order chi connectivity index (χ1) is 10.1. The van der Waals surface area contributed by atoms with Crippen LogP contribution in [0.3, 0.4) is 0 Å². The molecule has 0 radical (unpaired) electrons. The number of anilines is 1. The molecular weight excluding hydrogens is 453 g/mol. The third-order valence-corrected chi connectivity index (χ3v) is 4.95. The molecule has 0 aliphatic carbocycles. The number of aromatic nitrogens is 1. The Morgan fingerprint density at radius 3 is 2.45 bits per heavy atom. The van der Waals surface area contributed by atoms with Gasteiger partial charge < -0.3 is 0 Å². The Hall–Kier alpha value is -1.13. The van der Waals surface area contributed by atoms with Gasteiger partial charge in [0, 0.05) is 10.7 Å². The van der Waals surface area contributed by atoms with Crippen LogP contribution in [0.2, 0.25) is 0 Å². The van der Waals surface area contributed by atoms with Crippen molar-refractivity contribution in [2.45, 2.75) is 11.1 Å². The summed E-state index contributed by atoms with van der Waals surface area (Å²) in [5.74, 6) is 0. The zero-order chi connectivity index (χ0) is 16.5. The summed E-state index contributed by atoms with van der Waals surface area (Å²) in [6.07, 6.45) is -3.18. The second-order valence-corrected chi connectivity index (χ2v) is 7.47. The van der Waals surface area contributed by atoms with E-state index in [1.807, 2.05) is 0 Å². The second-order valence-electron chi connectivity index (χ2n) is 4.12. The van der Waals surface area contributed by atoms with Gasteiger partial charge in [0.2, 0.25) is 0 Å². The molecule has 0 bridgehead atoms. The minimum Gasteiger partial charge on any atom is -0.277 e. The van der Waals surface area contributed by atoms with Crippen molar-refractivity contribution in [2.24, 2.45) is 0 Å². The highest BCUT2D eigenvalue weighted by molar-refractivity contribution is 9.11. The predicted molar refractivity (Wildman–Crippen MR) is 81.9 cm³/mol. The third-order valence-electron chi connectivity index (χ3n) is 2.52. The van der Waals surface area contributed by atoms with Crippen LogP contribution >= 0.6 is 31.9 Å². The number of nitrogens with one attached hydrogen (secondary N) is 1. The fourth-order valence-electron chi connectivity index (χ4n) is 1.54. The first kappa shape index (κ1) is 17.2. The number of benzene rings is 1. The SMILES string of the molecule is O=S(=O)(Nc1cc(Br)cnc1Br)c1cccc(C(F)(F)F)c1. The number of nitrogens with zero attached hydrogens (tertiary/aromatic N) is 1. The molecule has 1 heterocycles. The number of hydrogen-bond acceptors (Lipinski definition) is 3. The Balaban J connectivity index is 2.41. The molecule has 118 valence electrons. The van der Waals surface area contributed by atoms with E-state index < -0.39 is 26.7 Å². The van der Waals surface area contributed by atoms with E-state index in [4.69, 9.17) is 0 Å².